The minimum atomic E-state index is -0.863. The zero-order valence-electron chi connectivity index (χ0n) is 19.9. The Hall–Kier alpha value is -4.19. The van der Waals surface area contributed by atoms with Gasteiger partial charge in [0, 0.05) is 11.3 Å². The molecule has 1 heterocycles. The van der Waals surface area contributed by atoms with Crippen LogP contribution in [0, 0.1) is 6.92 Å². The maximum absolute atomic E-state index is 13.3. The van der Waals surface area contributed by atoms with Crippen molar-refractivity contribution in [2.75, 3.05) is 11.5 Å². The van der Waals surface area contributed by atoms with Crippen molar-refractivity contribution < 1.29 is 24.2 Å². The molecular weight excluding hydrogens is 442 g/mol. The Morgan fingerprint density at radius 1 is 0.943 bits per heavy atom. The molecule has 35 heavy (non-hydrogen) atoms. The SMILES string of the molecule is CCOC(=O)c1cccc(N2C(=O)C(=O)/C(=C(/O)c3ccc(CC)cc3)C2c2cccc(C)c2)c1. The van der Waals surface area contributed by atoms with Crippen LogP contribution in [0.25, 0.3) is 5.76 Å². The summed E-state index contributed by atoms with van der Waals surface area (Å²) in [5.74, 6) is -2.31. The summed E-state index contributed by atoms with van der Waals surface area (Å²) in [6.45, 7) is 5.88. The van der Waals surface area contributed by atoms with Crippen LogP contribution in [0.4, 0.5) is 5.69 Å². The van der Waals surface area contributed by atoms with E-state index >= 15 is 0 Å². The first-order chi connectivity index (χ1) is 16.8. The van der Waals surface area contributed by atoms with Crippen molar-refractivity contribution in [3.8, 4) is 0 Å². The molecule has 1 fully saturated rings. The Labute approximate surface area is 204 Å². The molecule has 178 valence electrons. The lowest BCUT2D eigenvalue weighted by molar-refractivity contribution is -0.132. The van der Waals surface area contributed by atoms with Crippen LogP contribution in [0.5, 0.6) is 0 Å². The lowest BCUT2D eigenvalue weighted by Crippen LogP contribution is -2.29. The fourth-order valence-electron chi connectivity index (χ4n) is 4.31. The van der Waals surface area contributed by atoms with Gasteiger partial charge in [0.05, 0.1) is 23.8 Å². The molecule has 0 bridgehead atoms. The van der Waals surface area contributed by atoms with E-state index in [0.29, 0.717) is 16.8 Å². The normalized spacial score (nSPS) is 17.0. The lowest BCUT2D eigenvalue weighted by atomic mass is 9.94. The molecule has 0 aromatic heterocycles. The number of hydrogen-bond donors (Lipinski definition) is 1. The molecule has 6 nitrogen and oxygen atoms in total. The van der Waals surface area contributed by atoms with Gasteiger partial charge in [0.15, 0.2) is 0 Å². The van der Waals surface area contributed by atoms with E-state index in [1.165, 1.54) is 11.0 Å². The lowest BCUT2D eigenvalue weighted by Gasteiger charge is -2.26. The molecule has 0 radical (unpaired) electrons. The smallest absolute Gasteiger partial charge is 0.338 e. The quantitative estimate of drug-likeness (QED) is 0.227. The number of aliphatic hydroxyl groups is 1. The molecule has 1 aliphatic rings. The van der Waals surface area contributed by atoms with Crippen molar-refractivity contribution in [2.45, 2.75) is 33.2 Å². The Kier molecular flexibility index (Phi) is 6.82. The molecule has 1 atom stereocenters. The third kappa shape index (κ3) is 4.60. The fraction of sp³-hybridized carbons (Fsp3) is 0.207. The van der Waals surface area contributed by atoms with Crippen molar-refractivity contribution >= 4 is 29.1 Å². The second kappa shape index (κ2) is 9.97. The maximum atomic E-state index is 13.3. The molecular formula is C29H27NO5. The van der Waals surface area contributed by atoms with Gasteiger partial charge in [-0.2, -0.15) is 0 Å². The first-order valence-corrected chi connectivity index (χ1v) is 11.6. The molecule has 6 heteroatoms. The van der Waals surface area contributed by atoms with Gasteiger partial charge in [0.1, 0.15) is 5.76 Å². The van der Waals surface area contributed by atoms with Gasteiger partial charge >= 0.3 is 5.97 Å². The van der Waals surface area contributed by atoms with Gasteiger partial charge in [-0.25, -0.2) is 4.79 Å². The van der Waals surface area contributed by atoms with E-state index in [9.17, 15) is 19.5 Å². The highest BCUT2D eigenvalue weighted by Gasteiger charge is 2.47. The van der Waals surface area contributed by atoms with Gasteiger partial charge in [-0.3, -0.25) is 14.5 Å². The Morgan fingerprint density at radius 3 is 2.31 bits per heavy atom. The van der Waals surface area contributed by atoms with E-state index in [4.69, 9.17) is 4.74 Å². The number of aliphatic hydroxyl groups excluding tert-OH is 1. The molecule has 3 aromatic carbocycles. The maximum Gasteiger partial charge on any atom is 0.338 e. The zero-order valence-corrected chi connectivity index (χ0v) is 19.9. The molecule has 0 spiro atoms. The summed E-state index contributed by atoms with van der Waals surface area (Å²) in [7, 11) is 0. The van der Waals surface area contributed by atoms with Gasteiger partial charge in [-0.05, 0) is 49.6 Å². The van der Waals surface area contributed by atoms with E-state index in [0.717, 1.165) is 17.5 Å². The molecule has 0 saturated carbocycles. The number of hydrogen-bond acceptors (Lipinski definition) is 5. The first kappa shape index (κ1) is 24.0. The first-order valence-electron chi connectivity index (χ1n) is 11.6. The highest BCUT2D eigenvalue weighted by atomic mass is 16.5. The number of nitrogens with zero attached hydrogens (tertiary/aromatic N) is 1. The molecule has 3 aromatic rings. The summed E-state index contributed by atoms with van der Waals surface area (Å²) in [5, 5.41) is 11.3. The summed E-state index contributed by atoms with van der Waals surface area (Å²) in [6.07, 6.45) is 0.839. The minimum absolute atomic E-state index is 0.00591. The molecule has 1 aliphatic heterocycles. The van der Waals surface area contributed by atoms with E-state index in [1.807, 2.05) is 50.2 Å². The summed E-state index contributed by atoms with van der Waals surface area (Å²) in [5.41, 5.74) is 3.81. The van der Waals surface area contributed by atoms with E-state index in [1.54, 1.807) is 37.3 Å². The van der Waals surface area contributed by atoms with Gasteiger partial charge in [-0.15, -0.1) is 0 Å². The van der Waals surface area contributed by atoms with Crippen LogP contribution in [0.15, 0.2) is 78.4 Å². The summed E-state index contributed by atoms with van der Waals surface area (Å²) < 4.78 is 5.10. The standard InChI is InChI=1S/C29H27NO5/c1-4-19-12-14-20(15-13-19)26(31)24-25(21-9-6-8-18(3)16-21)30(28(33)27(24)32)23-11-7-10-22(17-23)29(34)35-5-2/h6-17,25,31H,4-5H2,1-3H3/b26-24+. The third-order valence-electron chi connectivity index (χ3n) is 6.07. The number of anilines is 1. The predicted octanol–water partition coefficient (Wildman–Crippen LogP) is 5.36. The van der Waals surface area contributed by atoms with Crippen molar-refractivity contribution in [3.63, 3.8) is 0 Å². The fourth-order valence-corrected chi connectivity index (χ4v) is 4.31. The average Bonchev–Trinajstić information content (AvgIpc) is 3.14. The Morgan fingerprint density at radius 2 is 1.66 bits per heavy atom. The molecule has 1 amide bonds. The zero-order chi connectivity index (χ0) is 25.1. The van der Waals surface area contributed by atoms with Crippen molar-refractivity contribution in [3.05, 3.63) is 106 Å². The number of ether oxygens (including phenoxy) is 1. The second-order valence-corrected chi connectivity index (χ2v) is 8.40. The predicted molar refractivity (Wildman–Crippen MR) is 134 cm³/mol. The number of esters is 1. The van der Waals surface area contributed by atoms with Crippen LogP contribution in [0.1, 0.15) is 52.5 Å². The van der Waals surface area contributed by atoms with Crippen LogP contribution in [0.3, 0.4) is 0 Å². The summed E-state index contributed by atoms with van der Waals surface area (Å²) in [4.78, 5) is 40.3. The highest BCUT2D eigenvalue weighted by Crippen LogP contribution is 2.42. The van der Waals surface area contributed by atoms with Crippen LogP contribution < -0.4 is 4.90 Å². The van der Waals surface area contributed by atoms with E-state index in [-0.39, 0.29) is 23.5 Å². The number of Topliss-reactive ketones (excluding diaryl/α,β-unsaturated/α-hetero) is 1. The number of rotatable bonds is 6. The summed E-state index contributed by atoms with van der Waals surface area (Å²) in [6, 6.07) is 20.3. The van der Waals surface area contributed by atoms with Gasteiger partial charge in [0.2, 0.25) is 0 Å². The molecule has 1 N–H and O–H groups in total. The molecule has 1 saturated heterocycles. The number of carbonyl (C=O) groups excluding carboxylic acids is 3. The largest absolute Gasteiger partial charge is 0.507 e. The van der Waals surface area contributed by atoms with Gasteiger partial charge in [0.25, 0.3) is 11.7 Å². The number of carbonyl (C=O) groups is 3. The molecule has 1 unspecified atom stereocenters. The van der Waals surface area contributed by atoms with Crippen molar-refractivity contribution in [1.29, 1.82) is 0 Å². The Bertz CT molecular complexity index is 1320. The summed E-state index contributed by atoms with van der Waals surface area (Å²) >= 11 is 0. The van der Waals surface area contributed by atoms with Gasteiger partial charge < -0.3 is 9.84 Å². The average molecular weight is 470 g/mol. The van der Waals surface area contributed by atoms with Crippen molar-refractivity contribution in [1.82, 2.24) is 0 Å². The van der Waals surface area contributed by atoms with Crippen LogP contribution in [0.2, 0.25) is 0 Å². The topological polar surface area (TPSA) is 83.9 Å². The van der Waals surface area contributed by atoms with Crippen molar-refractivity contribution in [2.24, 2.45) is 0 Å². The van der Waals surface area contributed by atoms with Gasteiger partial charge in [-0.1, -0.05) is 67.1 Å². The number of amides is 1. The van der Waals surface area contributed by atoms with Crippen LogP contribution in [-0.4, -0.2) is 29.4 Å². The monoisotopic (exact) mass is 469 g/mol. The minimum Gasteiger partial charge on any atom is -0.507 e. The molecule has 0 aliphatic carbocycles. The third-order valence-corrected chi connectivity index (χ3v) is 6.07. The van der Waals surface area contributed by atoms with Crippen LogP contribution in [-0.2, 0) is 20.7 Å². The second-order valence-electron chi connectivity index (χ2n) is 8.40. The number of aryl methyl sites for hydroxylation is 2. The number of ketones is 1. The molecule has 4 rings (SSSR count). The number of benzene rings is 3. The van der Waals surface area contributed by atoms with E-state index in [2.05, 4.69) is 0 Å². The van der Waals surface area contributed by atoms with Crippen LogP contribution >= 0.6 is 0 Å². The highest BCUT2D eigenvalue weighted by molar-refractivity contribution is 6.51. The van der Waals surface area contributed by atoms with E-state index < -0.39 is 23.7 Å². The Balaban J connectivity index is 1.90.